The summed E-state index contributed by atoms with van der Waals surface area (Å²) in [5.74, 6) is -5.14. The quantitative estimate of drug-likeness (QED) is 0.326. The number of hydrogen-bond acceptors (Lipinski definition) is 4. The van der Waals surface area contributed by atoms with Crippen LogP contribution < -0.4 is 4.74 Å². The zero-order valence-corrected chi connectivity index (χ0v) is 18.7. The summed E-state index contributed by atoms with van der Waals surface area (Å²) >= 11 is 1.34. The SMILES string of the molecule is CCCc1ccc2c(F)c(/C=C/C3COC(c4cc(F)c(OC(F)(F)F)c(F)c4)OC3)sc2c1. The van der Waals surface area contributed by atoms with Crippen LogP contribution in [-0.4, -0.2) is 19.6 Å². The lowest BCUT2D eigenvalue weighted by Crippen LogP contribution is -2.26. The number of benzene rings is 2. The van der Waals surface area contributed by atoms with Crippen LogP contribution in [0.3, 0.4) is 0 Å². The smallest absolute Gasteiger partial charge is 0.399 e. The predicted molar refractivity (Wildman–Crippen MR) is 116 cm³/mol. The Balaban J connectivity index is 1.41. The monoisotopic (exact) mass is 502 g/mol. The Labute approximate surface area is 195 Å². The molecule has 34 heavy (non-hydrogen) atoms. The lowest BCUT2D eigenvalue weighted by Gasteiger charge is -2.28. The third kappa shape index (κ3) is 5.56. The maximum Gasteiger partial charge on any atom is 0.573 e. The van der Waals surface area contributed by atoms with Crippen molar-refractivity contribution >= 4 is 27.5 Å². The van der Waals surface area contributed by atoms with Gasteiger partial charge in [-0.15, -0.1) is 24.5 Å². The Bertz CT molecular complexity index is 1170. The van der Waals surface area contributed by atoms with Crippen molar-refractivity contribution in [3.8, 4) is 5.75 Å². The average Bonchev–Trinajstić information content (AvgIpc) is 3.09. The van der Waals surface area contributed by atoms with E-state index in [9.17, 15) is 26.3 Å². The highest BCUT2D eigenvalue weighted by molar-refractivity contribution is 7.19. The lowest BCUT2D eigenvalue weighted by atomic mass is 10.1. The molecule has 1 aromatic heterocycles. The van der Waals surface area contributed by atoms with Crippen LogP contribution in [0.15, 0.2) is 36.4 Å². The van der Waals surface area contributed by atoms with Crippen LogP contribution in [0.4, 0.5) is 26.3 Å². The van der Waals surface area contributed by atoms with Crippen molar-refractivity contribution in [3.05, 3.63) is 69.9 Å². The molecule has 1 aliphatic rings. The molecule has 0 bridgehead atoms. The second-order valence-corrected chi connectivity index (χ2v) is 8.92. The van der Waals surface area contributed by atoms with E-state index in [1.54, 1.807) is 18.2 Å². The van der Waals surface area contributed by atoms with E-state index in [-0.39, 0.29) is 30.5 Å². The lowest BCUT2D eigenvalue weighted by molar-refractivity contribution is -0.276. The maximum absolute atomic E-state index is 14.7. The first-order chi connectivity index (χ1) is 16.1. The van der Waals surface area contributed by atoms with Gasteiger partial charge in [0.15, 0.2) is 17.9 Å². The van der Waals surface area contributed by atoms with Crippen molar-refractivity contribution < 1.29 is 40.6 Å². The number of ether oxygens (including phenoxy) is 3. The zero-order chi connectivity index (χ0) is 24.5. The Hall–Kier alpha value is -2.56. The first-order valence-electron chi connectivity index (χ1n) is 10.5. The van der Waals surface area contributed by atoms with E-state index in [1.165, 1.54) is 11.3 Å². The standard InChI is InChI=1S/C24H20F6O3S/c1-2-3-13-4-6-16-20(8-13)34-19(21(16)27)7-5-14-11-31-23(32-12-14)15-9-17(25)22(18(26)10-15)33-24(28,29)30/h4-10,14,23H,2-3,11-12H2,1H3/b7-5+. The highest BCUT2D eigenvalue weighted by Gasteiger charge is 2.35. The van der Waals surface area contributed by atoms with Crippen LogP contribution in [0.1, 0.15) is 35.6 Å². The van der Waals surface area contributed by atoms with Gasteiger partial charge in [-0.1, -0.05) is 31.6 Å². The van der Waals surface area contributed by atoms with E-state index in [0.717, 1.165) is 23.1 Å². The molecule has 0 atom stereocenters. The summed E-state index contributed by atoms with van der Waals surface area (Å²) in [5, 5.41) is 0.558. The molecule has 0 amide bonds. The molecule has 0 N–H and O–H groups in total. The number of fused-ring (bicyclic) bond motifs is 1. The Morgan fingerprint density at radius 3 is 2.35 bits per heavy atom. The molecule has 0 spiro atoms. The molecule has 3 nitrogen and oxygen atoms in total. The number of hydrogen-bond donors (Lipinski definition) is 0. The highest BCUT2D eigenvalue weighted by atomic mass is 32.1. The number of halogens is 6. The molecule has 2 aromatic carbocycles. The molecule has 1 saturated heterocycles. The minimum atomic E-state index is -5.23. The van der Waals surface area contributed by atoms with Gasteiger partial charge in [0.2, 0.25) is 5.75 Å². The van der Waals surface area contributed by atoms with E-state index in [1.807, 2.05) is 12.1 Å². The summed E-state index contributed by atoms with van der Waals surface area (Å²) in [6.07, 6.45) is -1.08. The van der Waals surface area contributed by atoms with Gasteiger partial charge >= 0.3 is 6.36 Å². The molecule has 4 rings (SSSR count). The fourth-order valence-electron chi connectivity index (χ4n) is 3.65. The van der Waals surface area contributed by atoms with Gasteiger partial charge in [-0.05, 0) is 36.3 Å². The van der Waals surface area contributed by atoms with E-state index in [0.29, 0.717) is 22.4 Å². The van der Waals surface area contributed by atoms with Gasteiger partial charge in [0.25, 0.3) is 0 Å². The van der Waals surface area contributed by atoms with Crippen LogP contribution in [0.5, 0.6) is 5.75 Å². The normalized spacial score (nSPS) is 19.3. The largest absolute Gasteiger partial charge is 0.573 e. The number of thiophene rings is 1. The van der Waals surface area contributed by atoms with Gasteiger partial charge in [-0.25, -0.2) is 13.2 Å². The summed E-state index contributed by atoms with van der Waals surface area (Å²) in [4.78, 5) is 0.468. The minimum absolute atomic E-state index is 0.109. The zero-order valence-electron chi connectivity index (χ0n) is 17.9. The molecule has 0 unspecified atom stereocenters. The molecular weight excluding hydrogens is 482 g/mol. The Morgan fingerprint density at radius 1 is 1.06 bits per heavy atom. The number of alkyl halides is 3. The maximum atomic E-state index is 14.7. The van der Waals surface area contributed by atoms with Gasteiger partial charge in [0, 0.05) is 21.6 Å². The summed E-state index contributed by atoms with van der Waals surface area (Å²) in [6, 6.07) is 7.04. The summed E-state index contributed by atoms with van der Waals surface area (Å²) < 4.78 is 94.7. The van der Waals surface area contributed by atoms with Crippen molar-refractivity contribution in [1.29, 1.82) is 0 Å². The van der Waals surface area contributed by atoms with E-state index >= 15 is 0 Å². The molecule has 0 saturated carbocycles. The van der Waals surface area contributed by atoms with Crippen LogP contribution in [0.25, 0.3) is 16.2 Å². The summed E-state index contributed by atoms with van der Waals surface area (Å²) in [5.41, 5.74) is 1.03. The van der Waals surface area contributed by atoms with Crippen molar-refractivity contribution in [2.24, 2.45) is 5.92 Å². The molecule has 0 radical (unpaired) electrons. The summed E-state index contributed by atoms with van der Waals surface area (Å²) in [6.45, 7) is 2.30. The molecule has 1 fully saturated rings. The molecular formula is C24H20F6O3S. The molecule has 3 aromatic rings. The van der Waals surface area contributed by atoms with Crippen molar-refractivity contribution in [2.75, 3.05) is 13.2 Å². The first kappa shape index (κ1) is 24.6. The van der Waals surface area contributed by atoms with Crippen molar-refractivity contribution in [1.82, 2.24) is 0 Å². The minimum Gasteiger partial charge on any atom is -0.399 e. The number of rotatable bonds is 6. The van der Waals surface area contributed by atoms with Crippen LogP contribution in [0, 0.1) is 23.4 Å². The molecule has 1 aliphatic heterocycles. The average molecular weight is 502 g/mol. The second kappa shape index (κ2) is 9.97. The summed E-state index contributed by atoms with van der Waals surface area (Å²) in [7, 11) is 0. The fraction of sp³-hybridized carbons (Fsp3) is 0.333. The third-order valence-corrected chi connectivity index (χ3v) is 6.30. The molecule has 182 valence electrons. The van der Waals surface area contributed by atoms with E-state index in [4.69, 9.17) is 9.47 Å². The Morgan fingerprint density at radius 2 is 1.74 bits per heavy atom. The van der Waals surface area contributed by atoms with Gasteiger partial charge in [-0.2, -0.15) is 0 Å². The Kier molecular flexibility index (Phi) is 7.20. The van der Waals surface area contributed by atoms with Gasteiger partial charge in [0.05, 0.1) is 18.1 Å². The van der Waals surface area contributed by atoms with Crippen molar-refractivity contribution in [2.45, 2.75) is 32.4 Å². The van der Waals surface area contributed by atoms with Crippen molar-refractivity contribution in [3.63, 3.8) is 0 Å². The van der Waals surface area contributed by atoms with E-state index in [2.05, 4.69) is 11.7 Å². The fourth-order valence-corrected chi connectivity index (χ4v) is 4.71. The van der Waals surface area contributed by atoms with Crippen LogP contribution in [0.2, 0.25) is 0 Å². The van der Waals surface area contributed by atoms with Gasteiger partial charge < -0.3 is 14.2 Å². The first-order valence-corrected chi connectivity index (χ1v) is 11.3. The molecule has 2 heterocycles. The van der Waals surface area contributed by atoms with Gasteiger partial charge in [-0.3, -0.25) is 0 Å². The molecule has 10 heteroatoms. The molecule has 0 aliphatic carbocycles. The third-order valence-electron chi connectivity index (χ3n) is 5.21. The topological polar surface area (TPSA) is 27.7 Å². The predicted octanol–water partition coefficient (Wildman–Crippen LogP) is 7.54. The van der Waals surface area contributed by atoms with E-state index < -0.39 is 30.0 Å². The van der Waals surface area contributed by atoms with Crippen LogP contribution in [-0.2, 0) is 15.9 Å². The van der Waals surface area contributed by atoms with Crippen LogP contribution >= 0.6 is 11.3 Å². The second-order valence-electron chi connectivity index (χ2n) is 7.84. The highest BCUT2D eigenvalue weighted by Crippen LogP contribution is 2.35. The number of aryl methyl sites for hydroxylation is 1. The van der Waals surface area contributed by atoms with Gasteiger partial charge in [0.1, 0.15) is 5.82 Å².